The van der Waals surface area contributed by atoms with Gasteiger partial charge in [-0.2, -0.15) is 0 Å². The maximum atomic E-state index is 11.2. The standard InChI is InChI=1S/C16H25N3O2/c1-3-19-6-4-12(5-7-19)10-18-13-8-11(2)15(17)14(9-13)16(20)21/h8-9,12,18H,3-7,10,17H2,1-2H3,(H,20,21). The number of anilines is 2. The van der Waals surface area contributed by atoms with E-state index >= 15 is 0 Å². The number of nitrogens with zero attached hydrogens (tertiary/aromatic N) is 1. The van der Waals surface area contributed by atoms with E-state index in [0.29, 0.717) is 11.6 Å². The molecule has 0 saturated carbocycles. The van der Waals surface area contributed by atoms with E-state index < -0.39 is 5.97 Å². The topological polar surface area (TPSA) is 78.6 Å². The van der Waals surface area contributed by atoms with Gasteiger partial charge in [0.2, 0.25) is 0 Å². The summed E-state index contributed by atoms with van der Waals surface area (Å²) < 4.78 is 0. The minimum absolute atomic E-state index is 0.179. The fourth-order valence-corrected chi connectivity index (χ4v) is 2.85. The Morgan fingerprint density at radius 2 is 2.10 bits per heavy atom. The predicted octanol–water partition coefficient (Wildman–Crippen LogP) is 2.42. The third-order valence-corrected chi connectivity index (χ3v) is 4.37. The molecule has 0 radical (unpaired) electrons. The highest BCUT2D eigenvalue weighted by Crippen LogP contribution is 2.24. The van der Waals surface area contributed by atoms with E-state index in [1.807, 2.05) is 13.0 Å². The fraction of sp³-hybridized carbons (Fsp3) is 0.562. The molecule has 21 heavy (non-hydrogen) atoms. The predicted molar refractivity (Wildman–Crippen MR) is 85.9 cm³/mol. The first-order chi connectivity index (χ1) is 10.0. The number of nitrogens with two attached hydrogens (primary N) is 1. The highest BCUT2D eigenvalue weighted by molar-refractivity contribution is 5.95. The monoisotopic (exact) mass is 291 g/mol. The Morgan fingerprint density at radius 3 is 2.67 bits per heavy atom. The number of benzene rings is 1. The second-order valence-electron chi connectivity index (χ2n) is 5.82. The van der Waals surface area contributed by atoms with Gasteiger partial charge in [0.05, 0.1) is 5.56 Å². The van der Waals surface area contributed by atoms with Crippen LogP contribution in [0.25, 0.3) is 0 Å². The highest BCUT2D eigenvalue weighted by Gasteiger charge is 2.18. The number of likely N-dealkylation sites (tertiary alicyclic amines) is 1. The summed E-state index contributed by atoms with van der Waals surface area (Å²) >= 11 is 0. The molecule has 0 atom stereocenters. The normalized spacial score (nSPS) is 16.9. The van der Waals surface area contributed by atoms with Crippen LogP contribution in [0.4, 0.5) is 11.4 Å². The van der Waals surface area contributed by atoms with E-state index in [1.54, 1.807) is 6.07 Å². The molecular weight excluding hydrogens is 266 g/mol. The number of piperidine rings is 1. The van der Waals surface area contributed by atoms with Gasteiger partial charge in [0.25, 0.3) is 0 Å². The van der Waals surface area contributed by atoms with Crippen LogP contribution >= 0.6 is 0 Å². The Kier molecular flexibility index (Phi) is 5.07. The lowest BCUT2D eigenvalue weighted by atomic mass is 9.96. The summed E-state index contributed by atoms with van der Waals surface area (Å²) in [4.78, 5) is 13.7. The molecule has 1 heterocycles. The van der Waals surface area contributed by atoms with Crippen molar-refractivity contribution >= 4 is 17.3 Å². The van der Waals surface area contributed by atoms with Crippen LogP contribution in [0.3, 0.4) is 0 Å². The molecule has 0 unspecified atom stereocenters. The molecular formula is C16H25N3O2. The Hall–Kier alpha value is -1.75. The van der Waals surface area contributed by atoms with Crippen LogP contribution in [0.1, 0.15) is 35.7 Å². The first kappa shape index (κ1) is 15.6. The van der Waals surface area contributed by atoms with Gasteiger partial charge >= 0.3 is 5.97 Å². The van der Waals surface area contributed by atoms with Crippen LogP contribution in [0.5, 0.6) is 0 Å². The third-order valence-electron chi connectivity index (χ3n) is 4.37. The first-order valence-corrected chi connectivity index (χ1v) is 7.61. The van der Waals surface area contributed by atoms with Gasteiger partial charge in [-0.1, -0.05) is 6.92 Å². The Labute approximate surface area is 126 Å². The molecule has 0 spiro atoms. The molecule has 1 aromatic rings. The van der Waals surface area contributed by atoms with Crippen LogP contribution < -0.4 is 11.1 Å². The van der Waals surface area contributed by atoms with Gasteiger partial charge in [0.1, 0.15) is 0 Å². The van der Waals surface area contributed by atoms with Crippen molar-refractivity contribution in [2.24, 2.45) is 5.92 Å². The fourth-order valence-electron chi connectivity index (χ4n) is 2.85. The van der Waals surface area contributed by atoms with Crippen molar-refractivity contribution in [3.05, 3.63) is 23.3 Å². The summed E-state index contributed by atoms with van der Waals surface area (Å²) in [5.41, 5.74) is 7.99. The van der Waals surface area contributed by atoms with Crippen LogP contribution in [-0.4, -0.2) is 42.2 Å². The van der Waals surface area contributed by atoms with E-state index in [0.717, 1.165) is 37.4 Å². The largest absolute Gasteiger partial charge is 0.478 e. The van der Waals surface area contributed by atoms with Crippen molar-refractivity contribution in [1.82, 2.24) is 4.90 Å². The third kappa shape index (κ3) is 3.88. The van der Waals surface area contributed by atoms with Gasteiger partial charge in [-0.25, -0.2) is 4.79 Å². The number of nitrogen functional groups attached to an aromatic ring is 1. The van der Waals surface area contributed by atoms with Gasteiger partial charge in [0.15, 0.2) is 0 Å². The summed E-state index contributed by atoms with van der Waals surface area (Å²) in [5.74, 6) is -0.325. The summed E-state index contributed by atoms with van der Waals surface area (Å²) in [6, 6.07) is 3.55. The number of hydrogen-bond donors (Lipinski definition) is 3. The zero-order valence-electron chi connectivity index (χ0n) is 12.9. The van der Waals surface area contributed by atoms with E-state index in [2.05, 4.69) is 17.1 Å². The average molecular weight is 291 g/mol. The van der Waals surface area contributed by atoms with Crippen molar-refractivity contribution < 1.29 is 9.90 Å². The molecule has 0 aliphatic carbocycles. The lowest BCUT2D eigenvalue weighted by Gasteiger charge is -2.31. The van der Waals surface area contributed by atoms with Gasteiger partial charge in [-0.05, 0) is 63.0 Å². The number of hydrogen-bond acceptors (Lipinski definition) is 4. The molecule has 1 saturated heterocycles. The van der Waals surface area contributed by atoms with Crippen LogP contribution in [0.15, 0.2) is 12.1 Å². The van der Waals surface area contributed by atoms with Gasteiger partial charge in [-0.15, -0.1) is 0 Å². The number of nitrogens with one attached hydrogen (secondary N) is 1. The second kappa shape index (κ2) is 6.80. The number of rotatable bonds is 5. The second-order valence-corrected chi connectivity index (χ2v) is 5.82. The molecule has 4 N–H and O–H groups in total. The zero-order chi connectivity index (χ0) is 15.4. The van der Waals surface area contributed by atoms with Gasteiger partial charge in [0, 0.05) is 17.9 Å². The van der Waals surface area contributed by atoms with Gasteiger partial charge < -0.3 is 21.1 Å². The van der Waals surface area contributed by atoms with Crippen molar-refractivity contribution in [2.75, 3.05) is 37.2 Å². The molecule has 1 fully saturated rings. The highest BCUT2D eigenvalue weighted by atomic mass is 16.4. The first-order valence-electron chi connectivity index (χ1n) is 7.61. The van der Waals surface area contributed by atoms with E-state index in [9.17, 15) is 9.90 Å². The molecule has 0 amide bonds. The average Bonchev–Trinajstić information content (AvgIpc) is 2.48. The molecule has 1 aromatic carbocycles. The van der Waals surface area contributed by atoms with Crippen molar-refractivity contribution in [2.45, 2.75) is 26.7 Å². The van der Waals surface area contributed by atoms with Crippen LogP contribution in [-0.2, 0) is 0 Å². The maximum Gasteiger partial charge on any atom is 0.337 e. The Balaban J connectivity index is 1.96. The maximum absolute atomic E-state index is 11.2. The van der Waals surface area contributed by atoms with Crippen LogP contribution in [0, 0.1) is 12.8 Å². The van der Waals surface area contributed by atoms with Crippen LogP contribution in [0.2, 0.25) is 0 Å². The summed E-state index contributed by atoms with van der Waals surface area (Å²) in [6.45, 7) is 8.36. The minimum atomic E-state index is -0.976. The van der Waals surface area contributed by atoms with Crippen molar-refractivity contribution in [1.29, 1.82) is 0 Å². The number of aromatic carboxylic acids is 1. The van der Waals surface area contributed by atoms with Crippen molar-refractivity contribution in [3.63, 3.8) is 0 Å². The van der Waals surface area contributed by atoms with Crippen molar-refractivity contribution in [3.8, 4) is 0 Å². The molecule has 0 bridgehead atoms. The number of carboxylic acids is 1. The number of aryl methyl sites for hydroxylation is 1. The quantitative estimate of drug-likeness (QED) is 0.726. The lowest BCUT2D eigenvalue weighted by Crippen LogP contribution is -2.35. The molecule has 0 aromatic heterocycles. The number of carbonyl (C=O) groups is 1. The zero-order valence-corrected chi connectivity index (χ0v) is 12.9. The van der Waals surface area contributed by atoms with Gasteiger partial charge in [-0.3, -0.25) is 0 Å². The molecule has 5 heteroatoms. The summed E-state index contributed by atoms with van der Waals surface area (Å²) in [7, 11) is 0. The molecule has 116 valence electrons. The Bertz CT molecular complexity index is 508. The molecule has 2 rings (SSSR count). The van der Waals surface area contributed by atoms with E-state index in [4.69, 9.17) is 5.73 Å². The van der Waals surface area contributed by atoms with E-state index in [-0.39, 0.29) is 5.56 Å². The summed E-state index contributed by atoms with van der Waals surface area (Å²) in [6.07, 6.45) is 2.39. The number of carboxylic acid groups (broad SMARTS) is 1. The molecule has 1 aliphatic rings. The molecule has 5 nitrogen and oxygen atoms in total. The SMILES string of the molecule is CCN1CCC(CNc2cc(C)c(N)c(C(=O)O)c2)CC1. The lowest BCUT2D eigenvalue weighted by molar-refractivity contribution is 0.0698. The van der Waals surface area contributed by atoms with E-state index in [1.165, 1.54) is 12.8 Å². The summed E-state index contributed by atoms with van der Waals surface area (Å²) in [5, 5.41) is 12.5. The Morgan fingerprint density at radius 1 is 1.43 bits per heavy atom. The minimum Gasteiger partial charge on any atom is -0.478 e. The molecule has 1 aliphatic heterocycles. The smallest absolute Gasteiger partial charge is 0.337 e.